The minimum absolute atomic E-state index is 0.0855. The quantitative estimate of drug-likeness (QED) is 0.451. The number of nitrogen functional groups attached to an aromatic ring is 1. The van der Waals surface area contributed by atoms with E-state index in [0.29, 0.717) is 11.8 Å². The number of rotatable bonds is 4. The van der Waals surface area contributed by atoms with Crippen LogP contribution in [-0.2, 0) is 21.3 Å². The van der Waals surface area contributed by atoms with Crippen LogP contribution in [0.5, 0.6) is 0 Å². The van der Waals surface area contributed by atoms with Crippen molar-refractivity contribution in [2.75, 3.05) is 12.4 Å². The van der Waals surface area contributed by atoms with Gasteiger partial charge in [-0.1, -0.05) is 12.1 Å². The van der Waals surface area contributed by atoms with Gasteiger partial charge >= 0.3 is 18.3 Å². The number of imidazole rings is 1. The number of hydrogen-bond donors (Lipinski definition) is 1. The van der Waals surface area contributed by atoms with Gasteiger partial charge in [0.05, 0.1) is 11.9 Å². The van der Waals surface area contributed by atoms with Crippen LogP contribution in [0.3, 0.4) is 0 Å². The second kappa shape index (κ2) is 7.64. The van der Waals surface area contributed by atoms with Crippen molar-refractivity contribution in [2.45, 2.75) is 31.8 Å². The van der Waals surface area contributed by atoms with E-state index in [-0.39, 0.29) is 22.5 Å². The van der Waals surface area contributed by atoms with Crippen molar-refractivity contribution in [1.82, 2.24) is 14.4 Å². The third-order valence-electron chi connectivity index (χ3n) is 4.74. The highest BCUT2D eigenvalue weighted by atomic mass is 19.4. The number of fused-ring (bicyclic) bond motifs is 1. The Labute approximate surface area is 175 Å². The molecule has 13 heteroatoms. The van der Waals surface area contributed by atoms with Gasteiger partial charge < -0.3 is 10.5 Å². The van der Waals surface area contributed by atoms with Crippen LogP contribution >= 0.6 is 0 Å². The van der Waals surface area contributed by atoms with E-state index in [9.17, 15) is 35.5 Å². The Morgan fingerprint density at radius 2 is 1.84 bits per heavy atom. The molecule has 1 aromatic carbocycles. The molecule has 1 atom stereocenters. The number of nitrogens with two attached hydrogens (primary N) is 1. The Hall–Kier alpha value is -3.38. The normalized spacial score (nSPS) is 14.4. The van der Waals surface area contributed by atoms with Crippen molar-refractivity contribution in [2.24, 2.45) is 0 Å². The fourth-order valence-corrected chi connectivity index (χ4v) is 3.00. The summed E-state index contributed by atoms with van der Waals surface area (Å²) in [7, 11) is 0. The molecule has 6 nitrogen and oxygen atoms in total. The molecule has 0 aliphatic carbocycles. The van der Waals surface area contributed by atoms with Crippen LogP contribution in [0.2, 0.25) is 0 Å². The summed E-state index contributed by atoms with van der Waals surface area (Å²) in [6.07, 6.45) is -8.30. The summed E-state index contributed by atoms with van der Waals surface area (Å²) in [5.74, 6) is -3.07. The summed E-state index contributed by atoms with van der Waals surface area (Å²) in [6.45, 7) is 1.03. The molecule has 2 N–H and O–H groups in total. The fraction of sp³-hybridized carbons (Fsp3) is 0.316. The van der Waals surface area contributed by atoms with E-state index in [0.717, 1.165) is 11.3 Å². The van der Waals surface area contributed by atoms with Crippen molar-refractivity contribution >= 4 is 17.4 Å². The van der Waals surface area contributed by atoms with Gasteiger partial charge in [-0.25, -0.2) is 19.2 Å². The van der Waals surface area contributed by atoms with Crippen LogP contribution in [0.4, 0.5) is 36.6 Å². The van der Waals surface area contributed by atoms with Crippen molar-refractivity contribution < 1.29 is 40.3 Å². The molecule has 0 aliphatic heterocycles. The molecule has 0 saturated carbocycles. The van der Waals surface area contributed by atoms with Crippen LogP contribution in [0.1, 0.15) is 23.7 Å². The molecule has 0 spiro atoms. The van der Waals surface area contributed by atoms with E-state index in [4.69, 9.17) is 5.73 Å². The second-order valence-corrected chi connectivity index (χ2v) is 7.13. The van der Waals surface area contributed by atoms with Gasteiger partial charge in [0.1, 0.15) is 6.67 Å². The SMILES string of the molecule is Cc1ccc(C(C)(CF)OC(=O)C(F)(F)F)cc1-c1cnc2c(N)nc(C(F)(F)F)cn12. The maximum atomic E-state index is 13.7. The molecule has 0 saturated heterocycles. The molecular weight excluding hydrogens is 449 g/mol. The van der Waals surface area contributed by atoms with Crippen LogP contribution in [0, 0.1) is 6.92 Å². The summed E-state index contributed by atoms with van der Waals surface area (Å²) in [5, 5.41) is 0. The van der Waals surface area contributed by atoms with Gasteiger partial charge in [-0.15, -0.1) is 0 Å². The Morgan fingerprint density at radius 3 is 2.41 bits per heavy atom. The van der Waals surface area contributed by atoms with E-state index in [1.807, 2.05) is 0 Å². The summed E-state index contributed by atoms with van der Waals surface area (Å²) in [6, 6.07) is 3.86. The second-order valence-electron chi connectivity index (χ2n) is 7.13. The lowest BCUT2D eigenvalue weighted by molar-refractivity contribution is -0.215. The van der Waals surface area contributed by atoms with Crippen LogP contribution in [0.15, 0.2) is 30.6 Å². The molecule has 0 bridgehead atoms. The predicted molar refractivity (Wildman–Crippen MR) is 98.0 cm³/mol. The first-order valence-corrected chi connectivity index (χ1v) is 8.86. The van der Waals surface area contributed by atoms with Crippen molar-refractivity contribution in [3.8, 4) is 11.3 Å². The molecule has 0 radical (unpaired) electrons. The highest BCUT2D eigenvalue weighted by Gasteiger charge is 2.46. The lowest BCUT2D eigenvalue weighted by Gasteiger charge is -2.28. The highest BCUT2D eigenvalue weighted by molar-refractivity contribution is 5.76. The average Bonchev–Trinajstić information content (AvgIpc) is 3.11. The Bertz CT molecular complexity index is 1190. The highest BCUT2D eigenvalue weighted by Crippen LogP contribution is 2.35. The summed E-state index contributed by atoms with van der Waals surface area (Å²) >= 11 is 0. The van der Waals surface area contributed by atoms with E-state index >= 15 is 0 Å². The topological polar surface area (TPSA) is 82.5 Å². The van der Waals surface area contributed by atoms with Gasteiger partial charge in [0, 0.05) is 11.8 Å². The zero-order chi connectivity index (χ0) is 24.1. The Balaban J connectivity index is 2.16. The first-order valence-electron chi connectivity index (χ1n) is 8.86. The Morgan fingerprint density at radius 1 is 1.19 bits per heavy atom. The van der Waals surface area contributed by atoms with E-state index in [1.165, 1.54) is 24.4 Å². The number of aryl methyl sites for hydroxylation is 1. The third-order valence-corrected chi connectivity index (χ3v) is 4.74. The molecule has 2 aromatic heterocycles. The molecular formula is C19H15F7N4O2. The van der Waals surface area contributed by atoms with Crippen LogP contribution in [0.25, 0.3) is 16.9 Å². The maximum absolute atomic E-state index is 13.7. The van der Waals surface area contributed by atoms with Gasteiger partial charge in [-0.3, -0.25) is 4.40 Å². The molecule has 172 valence electrons. The molecule has 2 heterocycles. The van der Waals surface area contributed by atoms with Gasteiger partial charge in [0.15, 0.2) is 22.8 Å². The Kier molecular flexibility index (Phi) is 5.56. The lowest BCUT2D eigenvalue weighted by atomic mass is 9.92. The van der Waals surface area contributed by atoms with Gasteiger partial charge in [0.2, 0.25) is 0 Å². The van der Waals surface area contributed by atoms with Gasteiger partial charge in [-0.05, 0) is 31.0 Å². The van der Waals surface area contributed by atoms with E-state index in [1.54, 1.807) is 6.92 Å². The number of hydrogen-bond acceptors (Lipinski definition) is 5. The van der Waals surface area contributed by atoms with Crippen molar-refractivity contribution in [3.63, 3.8) is 0 Å². The molecule has 1 unspecified atom stereocenters. The summed E-state index contributed by atoms with van der Waals surface area (Å²) < 4.78 is 96.5. The predicted octanol–water partition coefficient (Wildman–Crippen LogP) is 4.60. The molecule has 3 aromatic rings. The number of alkyl halides is 7. The third kappa shape index (κ3) is 4.18. The summed E-state index contributed by atoms with van der Waals surface area (Å²) in [5.41, 5.74) is 2.53. The number of benzene rings is 1. The number of carbonyl (C=O) groups is 1. The van der Waals surface area contributed by atoms with E-state index < -0.39 is 42.1 Å². The number of carbonyl (C=O) groups excluding carboxylic acids is 1. The smallest absolute Gasteiger partial charge is 0.445 e. The molecule has 32 heavy (non-hydrogen) atoms. The largest absolute Gasteiger partial charge is 0.490 e. The minimum atomic E-state index is -5.34. The summed E-state index contributed by atoms with van der Waals surface area (Å²) in [4.78, 5) is 18.5. The van der Waals surface area contributed by atoms with Crippen molar-refractivity contribution in [3.05, 3.63) is 47.4 Å². The zero-order valence-corrected chi connectivity index (χ0v) is 16.5. The van der Waals surface area contributed by atoms with Crippen LogP contribution < -0.4 is 5.73 Å². The van der Waals surface area contributed by atoms with E-state index in [2.05, 4.69) is 14.7 Å². The molecule has 0 fully saturated rings. The molecule has 0 amide bonds. The van der Waals surface area contributed by atoms with Gasteiger partial charge in [0.25, 0.3) is 0 Å². The lowest BCUT2D eigenvalue weighted by Crippen LogP contribution is -2.37. The number of aromatic nitrogens is 3. The number of anilines is 1. The average molecular weight is 464 g/mol. The standard InChI is InChI=1S/C19H15F7N4O2/c1-9-3-4-10(17(2,8-20)32-16(31)19(24,25)26)5-11(9)12-6-28-15-14(27)29-13(7-30(12)15)18(21,22)23/h3-7H,8H2,1-2H3,(H2,27,29). The number of esters is 1. The first-order chi connectivity index (χ1) is 14.7. The number of halogens is 7. The van der Waals surface area contributed by atoms with Gasteiger partial charge in [-0.2, -0.15) is 26.3 Å². The number of nitrogens with zero attached hydrogens (tertiary/aromatic N) is 3. The number of ether oxygens (including phenoxy) is 1. The fourth-order valence-electron chi connectivity index (χ4n) is 3.00. The minimum Gasteiger partial charge on any atom is -0.445 e. The zero-order valence-electron chi connectivity index (χ0n) is 16.5. The monoisotopic (exact) mass is 464 g/mol. The molecule has 0 aliphatic rings. The maximum Gasteiger partial charge on any atom is 0.490 e. The molecule has 3 rings (SSSR count). The van der Waals surface area contributed by atoms with Crippen molar-refractivity contribution in [1.29, 1.82) is 0 Å². The van der Waals surface area contributed by atoms with Crippen LogP contribution in [-0.4, -0.2) is 33.2 Å². The first kappa shape index (κ1) is 23.3.